The number of carbonyl (C=O) groups excluding carboxylic acids is 1. The average Bonchev–Trinajstić information content (AvgIpc) is 3.20. The van der Waals surface area contributed by atoms with Crippen LogP contribution in [-0.4, -0.2) is 36.5 Å². The molecule has 0 aliphatic heterocycles. The van der Waals surface area contributed by atoms with Gasteiger partial charge in [0.25, 0.3) is 5.56 Å². The Morgan fingerprint density at radius 3 is 2.45 bits per heavy atom. The standard InChI is InChI=1S/C25H28N4O3S/c1-6-16(2)17-11-13-18(14-12-17)28-22(31)19-9-7-8-10-20(19)29-23(28)26-27-24(29)33-15-21(30)32-25(3,4)5/h7-14,16H,6,15H2,1-5H3/t16-/m1/s1. The van der Waals surface area contributed by atoms with Gasteiger partial charge in [-0.1, -0.05) is 49.9 Å². The maximum absolute atomic E-state index is 13.5. The van der Waals surface area contributed by atoms with Gasteiger partial charge in [0.15, 0.2) is 5.16 Å². The SMILES string of the molecule is CC[C@@H](C)c1ccc(-n2c(=O)c3ccccc3n3c(SCC(=O)OC(C)(C)C)nnc23)cc1. The molecule has 7 nitrogen and oxygen atoms in total. The van der Waals surface area contributed by atoms with Crippen molar-refractivity contribution in [2.45, 2.75) is 57.7 Å². The lowest BCUT2D eigenvalue weighted by Crippen LogP contribution is -2.25. The monoisotopic (exact) mass is 464 g/mol. The zero-order valence-corrected chi connectivity index (χ0v) is 20.3. The van der Waals surface area contributed by atoms with E-state index in [4.69, 9.17) is 4.74 Å². The molecule has 0 spiro atoms. The highest BCUT2D eigenvalue weighted by Crippen LogP contribution is 2.25. The van der Waals surface area contributed by atoms with Crippen LogP contribution in [0.4, 0.5) is 0 Å². The Labute approximate surface area is 196 Å². The molecule has 0 fully saturated rings. The van der Waals surface area contributed by atoms with E-state index in [1.165, 1.54) is 17.3 Å². The van der Waals surface area contributed by atoms with Gasteiger partial charge in [-0.25, -0.2) is 4.57 Å². The number of para-hydroxylation sites is 1. The lowest BCUT2D eigenvalue weighted by atomic mass is 9.98. The summed E-state index contributed by atoms with van der Waals surface area (Å²) in [5.41, 5.74) is 1.92. The molecular formula is C25H28N4O3S. The van der Waals surface area contributed by atoms with Gasteiger partial charge >= 0.3 is 5.97 Å². The summed E-state index contributed by atoms with van der Waals surface area (Å²) in [6, 6.07) is 15.4. The first kappa shape index (κ1) is 23.0. The summed E-state index contributed by atoms with van der Waals surface area (Å²) in [6.45, 7) is 9.84. The van der Waals surface area contributed by atoms with E-state index in [-0.39, 0.29) is 17.3 Å². The van der Waals surface area contributed by atoms with Crippen LogP contribution in [0.2, 0.25) is 0 Å². The van der Waals surface area contributed by atoms with Crippen LogP contribution in [0.3, 0.4) is 0 Å². The Hall–Kier alpha value is -3.13. The van der Waals surface area contributed by atoms with Crippen molar-refractivity contribution in [2.75, 3.05) is 5.75 Å². The lowest BCUT2D eigenvalue weighted by Gasteiger charge is -2.19. The summed E-state index contributed by atoms with van der Waals surface area (Å²) in [5.74, 6) is 0.607. The highest BCUT2D eigenvalue weighted by Gasteiger charge is 2.21. The topological polar surface area (TPSA) is 78.5 Å². The van der Waals surface area contributed by atoms with Crippen LogP contribution < -0.4 is 5.56 Å². The van der Waals surface area contributed by atoms with E-state index in [0.717, 1.165) is 12.1 Å². The predicted octanol–water partition coefficient (Wildman–Crippen LogP) is 4.98. The fourth-order valence-corrected chi connectivity index (χ4v) is 4.40. The zero-order valence-electron chi connectivity index (χ0n) is 19.5. The van der Waals surface area contributed by atoms with Gasteiger partial charge < -0.3 is 4.74 Å². The Kier molecular flexibility index (Phi) is 6.30. The molecule has 2 aromatic heterocycles. The number of hydrogen-bond acceptors (Lipinski definition) is 6. The molecule has 0 N–H and O–H groups in total. The van der Waals surface area contributed by atoms with Gasteiger partial charge in [-0.3, -0.25) is 14.0 Å². The van der Waals surface area contributed by atoms with E-state index in [1.54, 1.807) is 10.6 Å². The summed E-state index contributed by atoms with van der Waals surface area (Å²) in [6.07, 6.45) is 1.04. The fraction of sp³-hybridized carbons (Fsp3) is 0.360. The second-order valence-electron chi connectivity index (χ2n) is 9.05. The van der Waals surface area contributed by atoms with Crippen molar-refractivity contribution in [3.63, 3.8) is 0 Å². The van der Waals surface area contributed by atoms with Gasteiger partial charge in [0, 0.05) is 0 Å². The van der Waals surface area contributed by atoms with Crippen LogP contribution >= 0.6 is 11.8 Å². The minimum Gasteiger partial charge on any atom is -0.459 e. The molecule has 0 bridgehead atoms. The molecule has 0 unspecified atom stereocenters. The number of aromatic nitrogens is 4. The molecule has 2 heterocycles. The normalized spacial score (nSPS) is 12.9. The summed E-state index contributed by atoms with van der Waals surface area (Å²) < 4.78 is 8.82. The number of carbonyl (C=O) groups is 1. The molecule has 4 rings (SSSR count). The molecule has 8 heteroatoms. The molecule has 0 saturated carbocycles. The molecule has 2 aromatic carbocycles. The van der Waals surface area contributed by atoms with Gasteiger partial charge in [0.1, 0.15) is 5.60 Å². The van der Waals surface area contributed by atoms with E-state index in [1.807, 2.05) is 55.5 Å². The van der Waals surface area contributed by atoms with Crippen LogP contribution in [0.15, 0.2) is 58.5 Å². The highest BCUT2D eigenvalue weighted by atomic mass is 32.2. The third-order valence-electron chi connectivity index (χ3n) is 5.47. The average molecular weight is 465 g/mol. The largest absolute Gasteiger partial charge is 0.459 e. The van der Waals surface area contributed by atoms with Crippen molar-refractivity contribution in [1.29, 1.82) is 0 Å². The molecule has 0 aliphatic carbocycles. The second kappa shape index (κ2) is 9.02. The number of benzene rings is 2. The number of nitrogens with zero attached hydrogens (tertiary/aromatic N) is 4. The van der Waals surface area contributed by atoms with Crippen molar-refractivity contribution in [1.82, 2.24) is 19.2 Å². The minimum absolute atomic E-state index is 0.0924. The number of fused-ring (bicyclic) bond motifs is 3. The van der Waals surface area contributed by atoms with E-state index in [2.05, 4.69) is 36.2 Å². The second-order valence-corrected chi connectivity index (χ2v) is 9.99. The first-order chi connectivity index (χ1) is 15.7. The maximum Gasteiger partial charge on any atom is 0.316 e. The smallest absolute Gasteiger partial charge is 0.316 e. The number of rotatable bonds is 6. The highest BCUT2D eigenvalue weighted by molar-refractivity contribution is 7.99. The van der Waals surface area contributed by atoms with E-state index in [0.29, 0.717) is 27.8 Å². The van der Waals surface area contributed by atoms with E-state index in [9.17, 15) is 9.59 Å². The van der Waals surface area contributed by atoms with E-state index >= 15 is 0 Å². The summed E-state index contributed by atoms with van der Waals surface area (Å²) >= 11 is 1.24. The molecule has 0 aliphatic rings. The third-order valence-corrected chi connectivity index (χ3v) is 6.37. The van der Waals surface area contributed by atoms with Crippen LogP contribution in [0.25, 0.3) is 22.4 Å². The molecular weight excluding hydrogens is 436 g/mol. The first-order valence-electron chi connectivity index (χ1n) is 11.0. The van der Waals surface area contributed by atoms with Crippen molar-refractivity contribution in [2.24, 2.45) is 0 Å². The van der Waals surface area contributed by atoms with Crippen LogP contribution in [0, 0.1) is 0 Å². The quantitative estimate of drug-likeness (QED) is 0.296. The third kappa shape index (κ3) is 4.66. The van der Waals surface area contributed by atoms with E-state index < -0.39 is 5.60 Å². The molecule has 0 radical (unpaired) electrons. The Bertz CT molecular complexity index is 1370. The Balaban J connectivity index is 1.82. The number of esters is 1. The minimum atomic E-state index is -0.556. The van der Waals surface area contributed by atoms with Crippen LogP contribution in [0.5, 0.6) is 0 Å². The molecule has 4 aromatic rings. The van der Waals surface area contributed by atoms with Crippen molar-refractivity contribution >= 4 is 34.4 Å². The zero-order chi connectivity index (χ0) is 23.8. The van der Waals surface area contributed by atoms with Crippen LogP contribution in [0.1, 0.15) is 52.5 Å². The molecule has 0 saturated heterocycles. The Morgan fingerprint density at radius 1 is 1.09 bits per heavy atom. The fourth-order valence-electron chi connectivity index (χ4n) is 3.69. The number of ether oxygens (including phenoxy) is 1. The van der Waals surface area contributed by atoms with Crippen molar-refractivity contribution < 1.29 is 9.53 Å². The molecule has 33 heavy (non-hydrogen) atoms. The van der Waals surface area contributed by atoms with Gasteiger partial charge in [-0.15, -0.1) is 10.2 Å². The molecule has 1 atom stereocenters. The van der Waals surface area contributed by atoms with Crippen molar-refractivity contribution in [3.8, 4) is 5.69 Å². The summed E-state index contributed by atoms with van der Waals surface area (Å²) in [7, 11) is 0. The summed E-state index contributed by atoms with van der Waals surface area (Å²) in [4.78, 5) is 25.7. The lowest BCUT2D eigenvalue weighted by molar-refractivity contribution is -0.151. The first-order valence-corrected chi connectivity index (χ1v) is 12.0. The molecule has 0 amide bonds. The van der Waals surface area contributed by atoms with Crippen molar-refractivity contribution in [3.05, 3.63) is 64.4 Å². The van der Waals surface area contributed by atoms with Gasteiger partial charge in [0.05, 0.1) is 22.3 Å². The number of hydrogen-bond donors (Lipinski definition) is 0. The Morgan fingerprint density at radius 2 is 1.79 bits per heavy atom. The maximum atomic E-state index is 13.5. The van der Waals surface area contributed by atoms with Gasteiger partial charge in [0.2, 0.25) is 5.78 Å². The summed E-state index contributed by atoms with van der Waals surface area (Å²) in [5, 5.41) is 9.72. The van der Waals surface area contributed by atoms with Gasteiger partial charge in [-0.05, 0) is 62.9 Å². The predicted molar refractivity (Wildman–Crippen MR) is 131 cm³/mol. The molecule has 172 valence electrons. The van der Waals surface area contributed by atoms with Gasteiger partial charge in [-0.2, -0.15) is 0 Å². The van der Waals surface area contributed by atoms with Crippen LogP contribution in [-0.2, 0) is 9.53 Å². The number of thioether (sulfide) groups is 1.